The molecule has 4 rings (SSSR count). The van der Waals surface area contributed by atoms with E-state index in [1.165, 1.54) is 47.9 Å². The number of benzene rings is 3. The van der Waals surface area contributed by atoms with E-state index in [0.717, 1.165) is 18.8 Å². The summed E-state index contributed by atoms with van der Waals surface area (Å²) < 4.78 is 5.58. The van der Waals surface area contributed by atoms with Gasteiger partial charge in [-0.1, -0.05) is 73.7 Å². The summed E-state index contributed by atoms with van der Waals surface area (Å²) in [6, 6.07) is 29.1. The molecule has 1 fully saturated rings. The third-order valence-corrected chi connectivity index (χ3v) is 6.75. The van der Waals surface area contributed by atoms with Crippen LogP contribution >= 0.6 is 0 Å². The van der Waals surface area contributed by atoms with Crippen LogP contribution < -0.4 is 4.74 Å². The van der Waals surface area contributed by atoms with Crippen LogP contribution in [0.5, 0.6) is 5.75 Å². The Morgan fingerprint density at radius 3 is 1.80 bits per heavy atom. The van der Waals surface area contributed by atoms with Crippen LogP contribution in [0, 0.1) is 0 Å². The molecule has 0 spiro atoms. The van der Waals surface area contributed by atoms with Crippen molar-refractivity contribution in [2.75, 3.05) is 6.61 Å². The van der Waals surface area contributed by atoms with Gasteiger partial charge in [-0.05, 0) is 91.2 Å². The monoisotopic (exact) mass is 398 g/mol. The van der Waals surface area contributed by atoms with Crippen LogP contribution in [0.4, 0.5) is 0 Å². The molecule has 1 aliphatic rings. The van der Waals surface area contributed by atoms with E-state index in [0.29, 0.717) is 17.8 Å². The maximum Gasteiger partial charge on any atom is 0.119 e. The average Bonchev–Trinajstić information content (AvgIpc) is 2.81. The molecule has 0 aromatic heterocycles. The van der Waals surface area contributed by atoms with E-state index in [1.54, 1.807) is 0 Å². The molecule has 3 aromatic rings. The van der Waals surface area contributed by atoms with Crippen LogP contribution in [-0.2, 0) is 6.42 Å². The molecule has 30 heavy (non-hydrogen) atoms. The van der Waals surface area contributed by atoms with E-state index in [2.05, 4.69) is 85.8 Å². The third-order valence-electron chi connectivity index (χ3n) is 6.75. The lowest BCUT2D eigenvalue weighted by atomic mass is 9.76. The summed E-state index contributed by atoms with van der Waals surface area (Å²) in [7, 11) is 0. The summed E-state index contributed by atoms with van der Waals surface area (Å²) in [6.45, 7) is 5.09. The fourth-order valence-corrected chi connectivity index (χ4v) is 4.94. The van der Waals surface area contributed by atoms with Crippen LogP contribution in [0.15, 0.2) is 78.9 Å². The van der Waals surface area contributed by atoms with Gasteiger partial charge in [-0.25, -0.2) is 0 Å². The summed E-state index contributed by atoms with van der Waals surface area (Å²) >= 11 is 0. The zero-order chi connectivity index (χ0) is 20.8. The lowest BCUT2D eigenvalue weighted by molar-refractivity contribution is 0.339. The van der Waals surface area contributed by atoms with Crippen molar-refractivity contribution in [2.45, 2.75) is 63.7 Å². The maximum absolute atomic E-state index is 5.58. The number of ether oxygens (including phenoxy) is 1. The Kier molecular flexibility index (Phi) is 6.89. The van der Waals surface area contributed by atoms with E-state index < -0.39 is 0 Å². The van der Waals surface area contributed by atoms with Gasteiger partial charge in [0.1, 0.15) is 5.75 Å². The molecule has 0 aliphatic heterocycles. The standard InChI is InChI=1S/C29H34O/c1-3-30-29-19-17-28(18-20-29)27-15-13-26(14-16-27)25-11-9-23(10-12-25)21-22(2)24-7-5-4-6-8-24/h4-12,17-20,22,26-27H,3,13-16,21H2,1-2H3. The second-order valence-corrected chi connectivity index (χ2v) is 8.81. The molecule has 156 valence electrons. The van der Waals surface area contributed by atoms with Gasteiger partial charge in [0.05, 0.1) is 6.61 Å². The Labute approximate surface area is 182 Å². The number of rotatable bonds is 7. The molecule has 3 aromatic carbocycles. The highest BCUT2D eigenvalue weighted by Gasteiger charge is 2.23. The molecule has 1 aliphatic carbocycles. The van der Waals surface area contributed by atoms with Crippen LogP contribution in [0.25, 0.3) is 0 Å². The summed E-state index contributed by atoms with van der Waals surface area (Å²) in [4.78, 5) is 0. The molecular formula is C29H34O. The van der Waals surface area contributed by atoms with Crippen molar-refractivity contribution in [3.05, 3.63) is 101 Å². The van der Waals surface area contributed by atoms with E-state index in [4.69, 9.17) is 4.74 Å². The molecule has 0 bridgehead atoms. The Morgan fingerprint density at radius 1 is 0.733 bits per heavy atom. The summed E-state index contributed by atoms with van der Waals surface area (Å²) in [5.41, 5.74) is 5.87. The fraction of sp³-hybridized carbons (Fsp3) is 0.379. The predicted octanol–water partition coefficient (Wildman–Crippen LogP) is 7.87. The topological polar surface area (TPSA) is 9.23 Å². The fourth-order valence-electron chi connectivity index (χ4n) is 4.94. The van der Waals surface area contributed by atoms with Gasteiger partial charge in [0, 0.05) is 0 Å². The summed E-state index contributed by atoms with van der Waals surface area (Å²) in [5.74, 6) is 2.95. The first-order chi connectivity index (χ1) is 14.7. The zero-order valence-corrected chi connectivity index (χ0v) is 18.4. The first-order valence-electron chi connectivity index (χ1n) is 11.6. The second kappa shape index (κ2) is 9.98. The molecule has 0 heterocycles. The minimum Gasteiger partial charge on any atom is -0.494 e. The van der Waals surface area contributed by atoms with Crippen LogP contribution in [-0.4, -0.2) is 6.61 Å². The first kappa shape index (κ1) is 20.7. The van der Waals surface area contributed by atoms with E-state index >= 15 is 0 Å². The molecule has 0 N–H and O–H groups in total. The van der Waals surface area contributed by atoms with Crippen molar-refractivity contribution in [2.24, 2.45) is 0 Å². The van der Waals surface area contributed by atoms with Crippen molar-refractivity contribution in [1.29, 1.82) is 0 Å². The highest BCUT2D eigenvalue weighted by Crippen LogP contribution is 2.40. The third kappa shape index (κ3) is 5.14. The normalized spacial score (nSPS) is 19.9. The van der Waals surface area contributed by atoms with Crippen LogP contribution in [0.2, 0.25) is 0 Å². The smallest absolute Gasteiger partial charge is 0.119 e. The zero-order valence-electron chi connectivity index (χ0n) is 18.4. The highest BCUT2D eigenvalue weighted by atomic mass is 16.5. The van der Waals surface area contributed by atoms with E-state index in [1.807, 2.05) is 6.92 Å². The van der Waals surface area contributed by atoms with Gasteiger partial charge in [-0.2, -0.15) is 0 Å². The van der Waals surface area contributed by atoms with Gasteiger partial charge in [0.2, 0.25) is 0 Å². The molecule has 1 atom stereocenters. The van der Waals surface area contributed by atoms with Gasteiger partial charge >= 0.3 is 0 Å². The van der Waals surface area contributed by atoms with Crippen molar-refractivity contribution >= 4 is 0 Å². The molecule has 1 unspecified atom stereocenters. The molecule has 0 amide bonds. The average molecular weight is 399 g/mol. The molecule has 0 saturated heterocycles. The lowest BCUT2D eigenvalue weighted by Crippen LogP contribution is -2.12. The largest absolute Gasteiger partial charge is 0.494 e. The number of hydrogen-bond acceptors (Lipinski definition) is 1. The van der Waals surface area contributed by atoms with E-state index in [9.17, 15) is 0 Å². The van der Waals surface area contributed by atoms with Crippen LogP contribution in [0.1, 0.15) is 79.5 Å². The van der Waals surface area contributed by atoms with Crippen molar-refractivity contribution in [3.63, 3.8) is 0 Å². The minimum atomic E-state index is 0.557. The van der Waals surface area contributed by atoms with Crippen molar-refractivity contribution < 1.29 is 4.74 Å². The Morgan fingerprint density at radius 2 is 1.27 bits per heavy atom. The van der Waals surface area contributed by atoms with Gasteiger partial charge < -0.3 is 4.74 Å². The SMILES string of the molecule is CCOc1ccc(C2CCC(c3ccc(CC(C)c4ccccc4)cc3)CC2)cc1. The highest BCUT2D eigenvalue weighted by molar-refractivity contribution is 5.31. The van der Waals surface area contributed by atoms with Gasteiger partial charge in [0.15, 0.2) is 0 Å². The van der Waals surface area contributed by atoms with Gasteiger partial charge in [-0.15, -0.1) is 0 Å². The molecule has 1 heteroatoms. The minimum absolute atomic E-state index is 0.557. The quantitative estimate of drug-likeness (QED) is 0.393. The predicted molar refractivity (Wildman–Crippen MR) is 127 cm³/mol. The Balaban J connectivity index is 1.31. The van der Waals surface area contributed by atoms with Gasteiger partial charge in [0.25, 0.3) is 0 Å². The lowest BCUT2D eigenvalue weighted by Gasteiger charge is -2.29. The molecule has 1 saturated carbocycles. The van der Waals surface area contributed by atoms with Gasteiger partial charge in [-0.3, -0.25) is 0 Å². The molecule has 1 nitrogen and oxygen atoms in total. The first-order valence-corrected chi connectivity index (χ1v) is 11.6. The summed E-state index contributed by atoms with van der Waals surface area (Å²) in [6.07, 6.45) is 6.25. The van der Waals surface area contributed by atoms with Crippen molar-refractivity contribution in [1.82, 2.24) is 0 Å². The Bertz CT molecular complexity index is 887. The van der Waals surface area contributed by atoms with Crippen molar-refractivity contribution in [3.8, 4) is 5.75 Å². The van der Waals surface area contributed by atoms with Crippen LogP contribution in [0.3, 0.4) is 0 Å². The second-order valence-electron chi connectivity index (χ2n) is 8.81. The number of hydrogen-bond donors (Lipinski definition) is 0. The molecular weight excluding hydrogens is 364 g/mol. The molecule has 0 radical (unpaired) electrons. The maximum atomic E-state index is 5.58. The summed E-state index contributed by atoms with van der Waals surface area (Å²) in [5, 5.41) is 0. The van der Waals surface area contributed by atoms with E-state index in [-0.39, 0.29) is 0 Å². The Hall–Kier alpha value is -2.54.